The highest BCUT2D eigenvalue weighted by atomic mass is 16.6. The standard InChI is InChI=1S/C14H22N2O2/c1-4-14(2,3)11-15-10-9-12-7-5-6-8-13(12)16(17)18/h5-8,15H,4,9-11H2,1-3H3. The van der Waals surface area contributed by atoms with Crippen molar-refractivity contribution in [3.05, 3.63) is 39.9 Å². The van der Waals surface area contributed by atoms with Crippen molar-refractivity contribution in [1.82, 2.24) is 5.32 Å². The lowest BCUT2D eigenvalue weighted by Crippen LogP contribution is -2.30. The molecule has 0 aromatic heterocycles. The van der Waals surface area contributed by atoms with Gasteiger partial charge in [0.2, 0.25) is 0 Å². The highest BCUT2D eigenvalue weighted by Crippen LogP contribution is 2.19. The van der Waals surface area contributed by atoms with Crippen LogP contribution < -0.4 is 5.32 Å². The van der Waals surface area contributed by atoms with Gasteiger partial charge >= 0.3 is 0 Å². The Balaban J connectivity index is 2.47. The molecule has 4 heteroatoms. The number of nitro groups is 1. The Hall–Kier alpha value is -1.42. The number of hydrogen-bond donors (Lipinski definition) is 1. The number of nitro benzene ring substituents is 1. The molecule has 0 atom stereocenters. The molecule has 0 saturated carbocycles. The number of benzene rings is 1. The first kappa shape index (κ1) is 14.6. The molecule has 0 fully saturated rings. The number of para-hydroxylation sites is 1. The second kappa shape index (κ2) is 6.50. The maximum absolute atomic E-state index is 10.8. The van der Waals surface area contributed by atoms with Gasteiger partial charge in [0, 0.05) is 18.2 Å². The Labute approximate surface area is 109 Å². The maximum atomic E-state index is 10.8. The van der Waals surface area contributed by atoms with Gasteiger partial charge in [0.1, 0.15) is 0 Å². The zero-order valence-electron chi connectivity index (χ0n) is 11.4. The fraction of sp³-hybridized carbons (Fsp3) is 0.571. The van der Waals surface area contributed by atoms with Crippen LogP contribution in [0.2, 0.25) is 0 Å². The van der Waals surface area contributed by atoms with Crippen molar-refractivity contribution in [1.29, 1.82) is 0 Å². The van der Waals surface area contributed by atoms with E-state index in [-0.39, 0.29) is 16.0 Å². The van der Waals surface area contributed by atoms with Gasteiger partial charge in [-0.25, -0.2) is 0 Å². The van der Waals surface area contributed by atoms with E-state index in [2.05, 4.69) is 26.1 Å². The molecular weight excluding hydrogens is 228 g/mol. The van der Waals surface area contributed by atoms with Gasteiger partial charge in [0.15, 0.2) is 0 Å². The van der Waals surface area contributed by atoms with Gasteiger partial charge in [-0.1, -0.05) is 39.0 Å². The summed E-state index contributed by atoms with van der Waals surface area (Å²) >= 11 is 0. The van der Waals surface area contributed by atoms with E-state index in [1.54, 1.807) is 12.1 Å². The van der Waals surface area contributed by atoms with E-state index in [1.807, 2.05) is 12.1 Å². The summed E-state index contributed by atoms with van der Waals surface area (Å²) in [5, 5.41) is 14.2. The molecule has 0 amide bonds. The molecular formula is C14H22N2O2. The summed E-state index contributed by atoms with van der Waals surface area (Å²) in [4.78, 5) is 10.5. The van der Waals surface area contributed by atoms with Crippen LogP contribution in [0.1, 0.15) is 32.8 Å². The van der Waals surface area contributed by atoms with Gasteiger partial charge in [-0.2, -0.15) is 0 Å². The normalized spacial score (nSPS) is 11.5. The van der Waals surface area contributed by atoms with Crippen LogP contribution in [0.5, 0.6) is 0 Å². The van der Waals surface area contributed by atoms with Crippen molar-refractivity contribution in [3.63, 3.8) is 0 Å². The lowest BCUT2D eigenvalue weighted by atomic mass is 9.90. The van der Waals surface area contributed by atoms with Crippen molar-refractivity contribution < 1.29 is 4.92 Å². The van der Waals surface area contributed by atoms with Gasteiger partial charge in [-0.05, 0) is 24.8 Å². The van der Waals surface area contributed by atoms with Crippen LogP contribution >= 0.6 is 0 Å². The van der Waals surface area contributed by atoms with Crippen molar-refractivity contribution in [2.75, 3.05) is 13.1 Å². The monoisotopic (exact) mass is 250 g/mol. The fourth-order valence-electron chi connectivity index (χ4n) is 1.68. The molecule has 100 valence electrons. The zero-order chi connectivity index (χ0) is 13.6. The first-order valence-electron chi connectivity index (χ1n) is 6.39. The average molecular weight is 250 g/mol. The van der Waals surface area contributed by atoms with Crippen LogP contribution in [0, 0.1) is 15.5 Å². The largest absolute Gasteiger partial charge is 0.316 e. The molecule has 1 rings (SSSR count). The van der Waals surface area contributed by atoms with E-state index in [4.69, 9.17) is 0 Å². The topological polar surface area (TPSA) is 55.2 Å². The van der Waals surface area contributed by atoms with Crippen molar-refractivity contribution in [2.24, 2.45) is 5.41 Å². The highest BCUT2D eigenvalue weighted by molar-refractivity contribution is 5.39. The Morgan fingerprint density at radius 2 is 2.00 bits per heavy atom. The predicted octanol–water partition coefficient (Wildman–Crippen LogP) is 3.16. The minimum absolute atomic E-state index is 0.217. The summed E-state index contributed by atoms with van der Waals surface area (Å²) in [6.45, 7) is 8.30. The number of nitrogens with zero attached hydrogens (tertiary/aromatic N) is 1. The molecule has 0 unspecified atom stereocenters. The van der Waals surface area contributed by atoms with E-state index in [0.717, 1.165) is 25.1 Å². The van der Waals surface area contributed by atoms with Crippen LogP contribution in [-0.4, -0.2) is 18.0 Å². The van der Waals surface area contributed by atoms with Crippen LogP contribution in [0.15, 0.2) is 24.3 Å². The summed E-state index contributed by atoms with van der Waals surface area (Å²) < 4.78 is 0. The smallest absolute Gasteiger partial charge is 0.272 e. The summed E-state index contributed by atoms with van der Waals surface area (Å²) in [7, 11) is 0. The summed E-state index contributed by atoms with van der Waals surface area (Å²) in [6.07, 6.45) is 1.81. The molecule has 4 nitrogen and oxygen atoms in total. The predicted molar refractivity (Wildman–Crippen MR) is 73.7 cm³/mol. The average Bonchev–Trinajstić information content (AvgIpc) is 2.35. The third kappa shape index (κ3) is 4.45. The summed E-state index contributed by atoms with van der Waals surface area (Å²) in [5.74, 6) is 0. The van der Waals surface area contributed by atoms with E-state index in [9.17, 15) is 10.1 Å². The van der Waals surface area contributed by atoms with Crippen molar-refractivity contribution in [2.45, 2.75) is 33.6 Å². The number of rotatable bonds is 7. The zero-order valence-corrected chi connectivity index (χ0v) is 11.4. The lowest BCUT2D eigenvalue weighted by molar-refractivity contribution is -0.385. The second-order valence-electron chi connectivity index (χ2n) is 5.33. The molecule has 18 heavy (non-hydrogen) atoms. The van der Waals surface area contributed by atoms with Crippen LogP contribution in [0.3, 0.4) is 0 Å². The first-order chi connectivity index (χ1) is 8.46. The van der Waals surface area contributed by atoms with E-state index in [1.165, 1.54) is 0 Å². The Morgan fingerprint density at radius 1 is 1.33 bits per heavy atom. The van der Waals surface area contributed by atoms with Crippen molar-refractivity contribution in [3.8, 4) is 0 Å². The molecule has 0 bridgehead atoms. The molecule has 0 spiro atoms. The second-order valence-corrected chi connectivity index (χ2v) is 5.33. The molecule has 0 aliphatic rings. The summed E-state index contributed by atoms with van der Waals surface area (Å²) in [5.41, 5.74) is 1.29. The Kier molecular flexibility index (Phi) is 5.28. The third-order valence-corrected chi connectivity index (χ3v) is 3.32. The quantitative estimate of drug-likeness (QED) is 0.459. The van der Waals surface area contributed by atoms with Crippen LogP contribution in [0.4, 0.5) is 5.69 Å². The molecule has 0 saturated heterocycles. The van der Waals surface area contributed by atoms with Gasteiger partial charge in [-0.3, -0.25) is 10.1 Å². The summed E-state index contributed by atoms with van der Waals surface area (Å²) in [6, 6.07) is 6.93. The van der Waals surface area contributed by atoms with Gasteiger partial charge < -0.3 is 5.32 Å². The molecule has 0 aliphatic carbocycles. The first-order valence-corrected chi connectivity index (χ1v) is 6.39. The Bertz CT molecular complexity index is 403. The molecule has 0 heterocycles. The van der Waals surface area contributed by atoms with Crippen LogP contribution in [0.25, 0.3) is 0 Å². The van der Waals surface area contributed by atoms with Gasteiger partial charge in [0.25, 0.3) is 5.69 Å². The highest BCUT2D eigenvalue weighted by Gasteiger charge is 2.15. The lowest BCUT2D eigenvalue weighted by Gasteiger charge is -2.22. The van der Waals surface area contributed by atoms with Crippen molar-refractivity contribution >= 4 is 5.69 Å². The molecule has 0 aliphatic heterocycles. The number of hydrogen-bond acceptors (Lipinski definition) is 3. The maximum Gasteiger partial charge on any atom is 0.272 e. The molecule has 1 aromatic carbocycles. The van der Waals surface area contributed by atoms with E-state index in [0.29, 0.717) is 6.42 Å². The fourth-order valence-corrected chi connectivity index (χ4v) is 1.68. The number of nitrogens with one attached hydrogen (secondary N) is 1. The minimum Gasteiger partial charge on any atom is -0.316 e. The molecule has 0 radical (unpaired) electrons. The van der Waals surface area contributed by atoms with E-state index >= 15 is 0 Å². The molecule has 1 N–H and O–H groups in total. The third-order valence-electron chi connectivity index (χ3n) is 3.32. The molecule has 1 aromatic rings. The Morgan fingerprint density at radius 3 is 2.61 bits per heavy atom. The van der Waals surface area contributed by atoms with E-state index < -0.39 is 0 Å². The minimum atomic E-state index is -0.314. The van der Waals surface area contributed by atoms with Gasteiger partial charge in [0.05, 0.1) is 4.92 Å². The van der Waals surface area contributed by atoms with Crippen LogP contribution in [-0.2, 0) is 6.42 Å². The SMILES string of the molecule is CCC(C)(C)CNCCc1ccccc1[N+](=O)[O-]. The van der Waals surface area contributed by atoms with Gasteiger partial charge in [-0.15, -0.1) is 0 Å².